The van der Waals surface area contributed by atoms with Gasteiger partial charge in [0.05, 0.1) is 0 Å². The Kier molecular flexibility index (Phi) is 3.87. The first-order chi connectivity index (χ1) is 6.88. The minimum Gasteiger partial charge on any atom is -0.292 e. The Morgan fingerprint density at radius 1 is 1.40 bits per heavy atom. The van der Waals surface area contributed by atoms with Crippen LogP contribution >= 0.6 is 15.9 Å². The van der Waals surface area contributed by atoms with E-state index in [4.69, 9.17) is 0 Å². The summed E-state index contributed by atoms with van der Waals surface area (Å²) in [4.78, 5) is 11.2. The Hall–Kier alpha value is -0.880. The normalized spacial score (nSPS) is 11.5. The Morgan fingerprint density at radius 3 is 2.60 bits per heavy atom. The number of hydrogen-bond donors (Lipinski definition) is 0. The lowest BCUT2D eigenvalue weighted by Crippen LogP contribution is -2.19. The standard InChI is InChI=1S/C9H6BrF3O2/c10-7-3-1-2-6(4-7)8(14)5-15-9(11,12)13/h1-4H,5H2. The van der Waals surface area contributed by atoms with Crippen LogP contribution in [0.3, 0.4) is 0 Å². The first kappa shape index (κ1) is 12.2. The Morgan fingerprint density at radius 2 is 2.07 bits per heavy atom. The Labute approximate surface area is 92.2 Å². The van der Waals surface area contributed by atoms with Crippen LogP contribution in [-0.2, 0) is 4.74 Å². The molecule has 82 valence electrons. The summed E-state index contributed by atoms with van der Waals surface area (Å²) in [5.41, 5.74) is 0.175. The molecular formula is C9H6BrF3O2. The molecule has 0 radical (unpaired) electrons. The maximum atomic E-state index is 11.6. The molecule has 0 aliphatic rings. The molecule has 0 amide bonds. The number of hydrogen-bond acceptors (Lipinski definition) is 2. The molecule has 1 rings (SSSR count). The molecule has 0 bridgehead atoms. The van der Waals surface area contributed by atoms with Crippen LogP contribution < -0.4 is 0 Å². The van der Waals surface area contributed by atoms with Gasteiger partial charge in [0, 0.05) is 10.0 Å². The van der Waals surface area contributed by atoms with Crippen LogP contribution in [0.5, 0.6) is 0 Å². The lowest BCUT2D eigenvalue weighted by molar-refractivity contribution is -0.318. The number of Topliss-reactive ketones (excluding diaryl/α,β-unsaturated/α-hetero) is 1. The summed E-state index contributed by atoms with van der Waals surface area (Å²) in [6.07, 6.45) is -4.78. The van der Waals surface area contributed by atoms with Crippen molar-refractivity contribution < 1.29 is 22.7 Å². The van der Waals surface area contributed by atoms with E-state index >= 15 is 0 Å². The van der Waals surface area contributed by atoms with Crippen molar-refractivity contribution in [1.29, 1.82) is 0 Å². The number of carbonyl (C=O) groups is 1. The third-order valence-electron chi connectivity index (χ3n) is 1.51. The summed E-state index contributed by atoms with van der Waals surface area (Å²) in [5.74, 6) is -0.714. The van der Waals surface area contributed by atoms with Crippen molar-refractivity contribution in [1.82, 2.24) is 0 Å². The van der Waals surface area contributed by atoms with Gasteiger partial charge in [-0.15, -0.1) is 13.2 Å². The highest BCUT2D eigenvalue weighted by atomic mass is 79.9. The van der Waals surface area contributed by atoms with Gasteiger partial charge in [0.1, 0.15) is 6.61 Å². The van der Waals surface area contributed by atoms with E-state index in [1.54, 1.807) is 12.1 Å². The van der Waals surface area contributed by atoms with Gasteiger partial charge < -0.3 is 0 Å². The first-order valence-electron chi connectivity index (χ1n) is 3.88. The number of ketones is 1. The van der Waals surface area contributed by atoms with Gasteiger partial charge in [-0.25, -0.2) is 0 Å². The minimum atomic E-state index is -4.78. The molecule has 15 heavy (non-hydrogen) atoms. The smallest absolute Gasteiger partial charge is 0.292 e. The molecule has 0 heterocycles. The quantitative estimate of drug-likeness (QED) is 0.796. The molecule has 0 atom stereocenters. The molecule has 0 aliphatic carbocycles. The fourth-order valence-corrected chi connectivity index (χ4v) is 1.29. The average molecular weight is 283 g/mol. The van der Waals surface area contributed by atoms with Crippen molar-refractivity contribution in [3.05, 3.63) is 34.3 Å². The molecule has 2 nitrogen and oxygen atoms in total. The van der Waals surface area contributed by atoms with Crippen LogP contribution in [0.4, 0.5) is 13.2 Å². The molecule has 0 saturated carbocycles. The number of benzene rings is 1. The van der Waals surface area contributed by atoms with Crippen LogP contribution in [0.15, 0.2) is 28.7 Å². The predicted molar refractivity (Wildman–Crippen MR) is 50.5 cm³/mol. The maximum absolute atomic E-state index is 11.6. The molecular weight excluding hydrogens is 277 g/mol. The summed E-state index contributed by atoms with van der Waals surface area (Å²) >= 11 is 3.11. The predicted octanol–water partition coefficient (Wildman–Crippen LogP) is 3.17. The van der Waals surface area contributed by atoms with Crippen molar-refractivity contribution in [2.75, 3.05) is 6.61 Å². The third-order valence-corrected chi connectivity index (χ3v) is 2.01. The van der Waals surface area contributed by atoms with Crippen molar-refractivity contribution in [2.45, 2.75) is 6.36 Å². The lowest BCUT2D eigenvalue weighted by Gasteiger charge is -2.06. The molecule has 0 spiro atoms. The zero-order chi connectivity index (χ0) is 11.5. The van der Waals surface area contributed by atoms with Gasteiger partial charge in [-0.05, 0) is 12.1 Å². The zero-order valence-corrected chi connectivity index (χ0v) is 8.93. The number of rotatable bonds is 3. The van der Waals surface area contributed by atoms with E-state index in [9.17, 15) is 18.0 Å². The number of ether oxygens (including phenoxy) is 1. The van der Waals surface area contributed by atoms with Crippen LogP contribution in [0, 0.1) is 0 Å². The maximum Gasteiger partial charge on any atom is 0.522 e. The average Bonchev–Trinajstić information content (AvgIpc) is 2.13. The first-order valence-corrected chi connectivity index (χ1v) is 4.67. The SMILES string of the molecule is O=C(COC(F)(F)F)c1cccc(Br)c1. The van der Waals surface area contributed by atoms with Crippen molar-refractivity contribution >= 4 is 21.7 Å². The second-order valence-electron chi connectivity index (χ2n) is 2.67. The summed E-state index contributed by atoms with van der Waals surface area (Å²) < 4.78 is 38.9. The topological polar surface area (TPSA) is 26.3 Å². The molecule has 1 aromatic rings. The number of alkyl halides is 3. The van der Waals surface area contributed by atoms with E-state index in [1.807, 2.05) is 0 Å². The molecule has 0 aliphatic heterocycles. The van der Waals surface area contributed by atoms with Crippen molar-refractivity contribution in [2.24, 2.45) is 0 Å². The molecule has 0 N–H and O–H groups in total. The fraction of sp³-hybridized carbons (Fsp3) is 0.222. The van der Waals surface area contributed by atoms with Crippen LogP contribution in [0.2, 0.25) is 0 Å². The molecule has 1 aromatic carbocycles. The monoisotopic (exact) mass is 282 g/mol. The van der Waals surface area contributed by atoms with E-state index in [-0.39, 0.29) is 5.56 Å². The van der Waals surface area contributed by atoms with Crippen molar-refractivity contribution in [3.8, 4) is 0 Å². The van der Waals surface area contributed by atoms with Gasteiger partial charge in [0.25, 0.3) is 0 Å². The van der Waals surface area contributed by atoms with Crippen molar-refractivity contribution in [3.63, 3.8) is 0 Å². The second-order valence-corrected chi connectivity index (χ2v) is 3.58. The highest BCUT2D eigenvalue weighted by Crippen LogP contribution is 2.17. The highest BCUT2D eigenvalue weighted by Gasteiger charge is 2.30. The zero-order valence-electron chi connectivity index (χ0n) is 7.34. The van der Waals surface area contributed by atoms with Gasteiger partial charge in [-0.1, -0.05) is 28.1 Å². The van der Waals surface area contributed by atoms with Crippen LogP contribution in [0.25, 0.3) is 0 Å². The van der Waals surface area contributed by atoms with E-state index < -0.39 is 18.8 Å². The Bertz CT molecular complexity index is 363. The fourth-order valence-electron chi connectivity index (χ4n) is 0.893. The summed E-state index contributed by atoms with van der Waals surface area (Å²) in [5, 5.41) is 0. The molecule has 0 unspecified atom stereocenters. The van der Waals surface area contributed by atoms with E-state index in [0.29, 0.717) is 4.47 Å². The van der Waals surface area contributed by atoms with Gasteiger partial charge in [-0.2, -0.15) is 0 Å². The van der Waals surface area contributed by atoms with Gasteiger partial charge in [-0.3, -0.25) is 9.53 Å². The minimum absolute atomic E-state index is 0.175. The van der Waals surface area contributed by atoms with Gasteiger partial charge in [0.2, 0.25) is 0 Å². The lowest BCUT2D eigenvalue weighted by atomic mass is 10.1. The molecule has 0 aromatic heterocycles. The van der Waals surface area contributed by atoms with Gasteiger partial charge >= 0.3 is 6.36 Å². The van der Waals surface area contributed by atoms with E-state index in [0.717, 1.165) is 0 Å². The summed E-state index contributed by atoms with van der Waals surface area (Å²) in [6.45, 7) is -1.00. The summed E-state index contributed by atoms with van der Waals surface area (Å²) in [6, 6.07) is 6.08. The number of halogens is 4. The third kappa shape index (κ3) is 4.44. The largest absolute Gasteiger partial charge is 0.522 e. The molecule has 0 fully saturated rings. The van der Waals surface area contributed by atoms with Crippen LogP contribution in [-0.4, -0.2) is 18.8 Å². The van der Waals surface area contributed by atoms with E-state index in [2.05, 4.69) is 20.7 Å². The number of carbonyl (C=O) groups excluding carboxylic acids is 1. The molecule has 0 saturated heterocycles. The second kappa shape index (κ2) is 4.76. The molecule has 6 heteroatoms. The highest BCUT2D eigenvalue weighted by molar-refractivity contribution is 9.10. The van der Waals surface area contributed by atoms with Crippen LogP contribution in [0.1, 0.15) is 10.4 Å². The summed E-state index contributed by atoms with van der Waals surface area (Å²) in [7, 11) is 0. The van der Waals surface area contributed by atoms with E-state index in [1.165, 1.54) is 12.1 Å². The van der Waals surface area contributed by atoms with Gasteiger partial charge in [0.15, 0.2) is 5.78 Å². The Balaban J connectivity index is 2.62.